The van der Waals surface area contributed by atoms with Crippen molar-refractivity contribution in [3.8, 4) is 0 Å². The van der Waals surface area contributed by atoms with Crippen LogP contribution in [0.2, 0.25) is 0 Å². The average Bonchev–Trinajstić information content (AvgIpc) is 2.29. The van der Waals surface area contributed by atoms with Gasteiger partial charge in [0.25, 0.3) is 0 Å². The van der Waals surface area contributed by atoms with E-state index in [0.29, 0.717) is 6.54 Å². The van der Waals surface area contributed by atoms with Crippen molar-refractivity contribution in [2.45, 2.75) is 13.5 Å². The largest absolute Gasteiger partial charge is 0.378 e. The molecule has 0 spiro atoms. The normalized spacial score (nSPS) is 9.93. The molecular formula is C12H13N3. The van der Waals surface area contributed by atoms with Crippen LogP contribution in [0.3, 0.4) is 0 Å². The summed E-state index contributed by atoms with van der Waals surface area (Å²) in [4.78, 5) is 8.30. The van der Waals surface area contributed by atoms with E-state index < -0.39 is 0 Å². The fourth-order valence-corrected chi connectivity index (χ4v) is 1.37. The molecule has 0 aliphatic carbocycles. The first kappa shape index (κ1) is 9.65. The van der Waals surface area contributed by atoms with Gasteiger partial charge in [0.15, 0.2) is 0 Å². The van der Waals surface area contributed by atoms with E-state index in [2.05, 4.69) is 34.3 Å². The molecule has 1 aromatic heterocycles. The number of rotatable bonds is 3. The lowest BCUT2D eigenvalue weighted by Gasteiger charge is -2.07. The van der Waals surface area contributed by atoms with Crippen LogP contribution in [0.25, 0.3) is 0 Å². The second-order valence-corrected chi connectivity index (χ2v) is 3.33. The summed E-state index contributed by atoms with van der Waals surface area (Å²) in [5.41, 5.74) is 2.36. The van der Waals surface area contributed by atoms with Gasteiger partial charge < -0.3 is 5.32 Å². The lowest BCUT2D eigenvalue weighted by molar-refractivity contribution is 0.947. The molecule has 0 radical (unpaired) electrons. The van der Waals surface area contributed by atoms with Crippen molar-refractivity contribution in [3.63, 3.8) is 0 Å². The van der Waals surface area contributed by atoms with Crippen molar-refractivity contribution < 1.29 is 0 Å². The predicted molar refractivity (Wildman–Crippen MR) is 60.5 cm³/mol. The predicted octanol–water partition coefficient (Wildman–Crippen LogP) is 2.40. The molecule has 76 valence electrons. The monoisotopic (exact) mass is 199 g/mol. The fraction of sp³-hybridized carbons (Fsp3) is 0.167. The molecule has 0 fully saturated rings. The lowest BCUT2D eigenvalue weighted by Crippen LogP contribution is -2.04. The Balaban J connectivity index is 2.03. The van der Waals surface area contributed by atoms with Crippen LogP contribution >= 0.6 is 0 Å². The number of hydrogen-bond acceptors (Lipinski definition) is 3. The molecule has 1 N–H and O–H groups in total. The molecule has 2 aromatic rings. The summed E-state index contributed by atoms with van der Waals surface area (Å²) in [5, 5.41) is 3.30. The van der Waals surface area contributed by atoms with Gasteiger partial charge in [-0.1, -0.05) is 18.2 Å². The molecule has 1 aromatic carbocycles. The average molecular weight is 199 g/mol. The van der Waals surface area contributed by atoms with E-state index in [1.54, 1.807) is 12.4 Å². The van der Waals surface area contributed by atoms with Crippen LogP contribution in [0.15, 0.2) is 42.7 Å². The van der Waals surface area contributed by atoms with E-state index >= 15 is 0 Å². The van der Waals surface area contributed by atoms with Crippen LogP contribution in [-0.4, -0.2) is 9.97 Å². The minimum atomic E-state index is 0.658. The molecule has 15 heavy (non-hydrogen) atoms. The highest BCUT2D eigenvalue weighted by Gasteiger charge is 1.97. The Morgan fingerprint density at radius 3 is 2.53 bits per heavy atom. The van der Waals surface area contributed by atoms with Gasteiger partial charge in [-0.05, 0) is 24.6 Å². The minimum Gasteiger partial charge on any atom is -0.378 e. The summed E-state index contributed by atoms with van der Waals surface area (Å²) >= 11 is 0. The zero-order valence-electron chi connectivity index (χ0n) is 8.64. The van der Waals surface area contributed by atoms with Gasteiger partial charge in [-0.3, -0.25) is 0 Å². The summed E-state index contributed by atoms with van der Waals surface area (Å²) in [7, 11) is 0. The van der Waals surface area contributed by atoms with E-state index in [0.717, 1.165) is 11.5 Å². The minimum absolute atomic E-state index is 0.658. The van der Waals surface area contributed by atoms with Gasteiger partial charge in [-0.25, -0.2) is 9.97 Å². The number of nitrogens with zero attached hydrogens (tertiary/aromatic N) is 2. The highest BCUT2D eigenvalue weighted by Crippen LogP contribution is 2.13. The van der Waals surface area contributed by atoms with Crippen LogP contribution < -0.4 is 5.32 Å². The molecule has 0 amide bonds. The topological polar surface area (TPSA) is 37.8 Å². The van der Waals surface area contributed by atoms with E-state index in [1.165, 1.54) is 5.56 Å². The number of benzene rings is 1. The molecule has 0 saturated carbocycles. The van der Waals surface area contributed by atoms with Gasteiger partial charge in [-0.2, -0.15) is 0 Å². The molecule has 1 heterocycles. The smallest absolute Gasteiger partial charge is 0.147 e. The van der Waals surface area contributed by atoms with Crippen molar-refractivity contribution >= 4 is 5.69 Å². The van der Waals surface area contributed by atoms with Gasteiger partial charge in [0.2, 0.25) is 0 Å². The Bertz CT molecular complexity index is 426. The molecule has 0 aliphatic heterocycles. The number of para-hydroxylation sites is 1. The third-order valence-electron chi connectivity index (χ3n) is 2.20. The van der Waals surface area contributed by atoms with Crippen molar-refractivity contribution in [3.05, 3.63) is 54.1 Å². The standard InChI is InChI=1S/C12H13N3/c1-10-5-2-3-6-11(10)15-9-12-13-7-4-8-14-12/h2-8,15H,9H2,1H3. The molecule has 0 bridgehead atoms. The lowest BCUT2D eigenvalue weighted by atomic mass is 10.2. The van der Waals surface area contributed by atoms with Gasteiger partial charge >= 0.3 is 0 Å². The molecule has 3 nitrogen and oxygen atoms in total. The first-order chi connectivity index (χ1) is 7.36. The van der Waals surface area contributed by atoms with Gasteiger partial charge in [0.05, 0.1) is 6.54 Å². The highest BCUT2D eigenvalue weighted by atomic mass is 15.0. The first-order valence-electron chi connectivity index (χ1n) is 4.91. The van der Waals surface area contributed by atoms with Crippen molar-refractivity contribution in [2.75, 3.05) is 5.32 Å². The third kappa shape index (κ3) is 2.53. The molecule has 0 aliphatic rings. The van der Waals surface area contributed by atoms with Gasteiger partial charge in [0.1, 0.15) is 5.82 Å². The van der Waals surface area contributed by atoms with Crippen LogP contribution in [0.5, 0.6) is 0 Å². The quantitative estimate of drug-likeness (QED) is 0.824. The molecule has 0 unspecified atom stereocenters. The molecule has 3 heteroatoms. The summed E-state index contributed by atoms with van der Waals surface area (Å²) in [5.74, 6) is 0.806. The van der Waals surface area contributed by atoms with Crippen LogP contribution in [-0.2, 0) is 6.54 Å². The summed E-state index contributed by atoms with van der Waals surface area (Å²) in [6, 6.07) is 9.99. The van der Waals surface area contributed by atoms with E-state index in [1.807, 2.05) is 18.2 Å². The maximum Gasteiger partial charge on any atom is 0.147 e. The SMILES string of the molecule is Cc1ccccc1NCc1ncccn1. The number of nitrogens with one attached hydrogen (secondary N) is 1. The van der Waals surface area contributed by atoms with Crippen LogP contribution in [0.1, 0.15) is 11.4 Å². The summed E-state index contributed by atoms with van der Waals surface area (Å²) in [6.45, 7) is 2.74. The summed E-state index contributed by atoms with van der Waals surface area (Å²) in [6.07, 6.45) is 3.50. The first-order valence-corrected chi connectivity index (χ1v) is 4.91. The third-order valence-corrected chi connectivity index (χ3v) is 2.20. The van der Waals surface area contributed by atoms with Crippen LogP contribution in [0, 0.1) is 6.92 Å². The zero-order chi connectivity index (χ0) is 10.5. The maximum atomic E-state index is 4.15. The Morgan fingerprint density at radius 1 is 1.07 bits per heavy atom. The molecule has 2 rings (SSSR count). The van der Waals surface area contributed by atoms with Crippen molar-refractivity contribution in [2.24, 2.45) is 0 Å². The Hall–Kier alpha value is -1.90. The number of hydrogen-bond donors (Lipinski definition) is 1. The van der Waals surface area contributed by atoms with Crippen molar-refractivity contribution in [1.29, 1.82) is 0 Å². The number of aryl methyl sites for hydroxylation is 1. The van der Waals surface area contributed by atoms with Crippen LogP contribution in [0.4, 0.5) is 5.69 Å². The van der Waals surface area contributed by atoms with E-state index in [4.69, 9.17) is 0 Å². The molecular weight excluding hydrogens is 186 g/mol. The van der Waals surface area contributed by atoms with Gasteiger partial charge in [0, 0.05) is 18.1 Å². The Morgan fingerprint density at radius 2 is 1.80 bits per heavy atom. The molecule has 0 saturated heterocycles. The number of anilines is 1. The van der Waals surface area contributed by atoms with Gasteiger partial charge in [-0.15, -0.1) is 0 Å². The maximum absolute atomic E-state index is 4.15. The Kier molecular flexibility index (Phi) is 2.93. The zero-order valence-corrected chi connectivity index (χ0v) is 8.64. The highest BCUT2D eigenvalue weighted by molar-refractivity contribution is 5.50. The molecule has 0 atom stereocenters. The van der Waals surface area contributed by atoms with E-state index in [9.17, 15) is 0 Å². The fourth-order valence-electron chi connectivity index (χ4n) is 1.37. The second-order valence-electron chi connectivity index (χ2n) is 3.33. The second kappa shape index (κ2) is 4.55. The summed E-state index contributed by atoms with van der Waals surface area (Å²) < 4.78 is 0. The van der Waals surface area contributed by atoms with E-state index in [-0.39, 0.29) is 0 Å². The Labute approximate surface area is 89.2 Å². The van der Waals surface area contributed by atoms with Crippen molar-refractivity contribution in [1.82, 2.24) is 9.97 Å². The number of aromatic nitrogens is 2.